The largest absolute Gasteiger partial charge is 0.450 e. The molecule has 0 aliphatic carbocycles. The molecule has 122 valence electrons. The lowest BCUT2D eigenvalue weighted by molar-refractivity contribution is 0.0924. The fraction of sp³-hybridized carbons (Fsp3) is 0.263. The van der Waals surface area contributed by atoms with Crippen LogP contribution in [0, 0.1) is 33.1 Å². The van der Waals surface area contributed by atoms with E-state index in [1.54, 1.807) is 10.9 Å². The first-order chi connectivity index (χ1) is 11.5. The minimum absolute atomic E-state index is 0.229. The molecule has 3 rings (SSSR count). The van der Waals surface area contributed by atoms with Crippen LogP contribution in [0.2, 0.25) is 0 Å². The van der Waals surface area contributed by atoms with Crippen molar-refractivity contribution in [2.45, 2.75) is 33.9 Å². The number of furan rings is 1. The number of carbonyl (C=O) groups excluding carboxylic acids is 1. The van der Waals surface area contributed by atoms with E-state index in [1.807, 2.05) is 39.1 Å². The fourth-order valence-corrected chi connectivity index (χ4v) is 2.83. The Hall–Kier alpha value is -3.00. The van der Waals surface area contributed by atoms with Crippen LogP contribution in [0.25, 0.3) is 11.0 Å². The second-order valence-corrected chi connectivity index (χ2v) is 5.89. The van der Waals surface area contributed by atoms with Gasteiger partial charge in [0.05, 0.1) is 6.20 Å². The van der Waals surface area contributed by atoms with Crippen molar-refractivity contribution in [3.05, 3.63) is 52.5 Å². The topological polar surface area (TPSA) is 60.1 Å². The zero-order chi connectivity index (χ0) is 17.3. The van der Waals surface area contributed by atoms with E-state index in [2.05, 4.69) is 16.3 Å². The molecule has 0 unspecified atom stereocenters. The maximum atomic E-state index is 12.5. The Balaban J connectivity index is 1.81. The third-order valence-corrected chi connectivity index (χ3v) is 4.08. The summed E-state index contributed by atoms with van der Waals surface area (Å²) in [7, 11) is 0. The van der Waals surface area contributed by atoms with Crippen molar-refractivity contribution < 1.29 is 9.21 Å². The maximum absolute atomic E-state index is 12.5. The highest BCUT2D eigenvalue weighted by molar-refractivity contribution is 6.00. The second-order valence-electron chi connectivity index (χ2n) is 5.89. The molecular weight excluding hydrogens is 302 g/mol. The SMILES string of the molecule is C#CCn1cc(CNC(=O)c2oc3c(C)ccc(C)c3c2C)cn1. The average molecular weight is 321 g/mol. The van der Waals surface area contributed by atoms with Crippen molar-refractivity contribution in [2.24, 2.45) is 0 Å². The lowest BCUT2D eigenvalue weighted by Gasteiger charge is -2.01. The first-order valence-corrected chi connectivity index (χ1v) is 7.73. The number of benzene rings is 1. The summed E-state index contributed by atoms with van der Waals surface area (Å²) in [5.41, 5.74) is 4.66. The van der Waals surface area contributed by atoms with E-state index in [0.717, 1.165) is 33.2 Å². The van der Waals surface area contributed by atoms with Crippen LogP contribution in [0.5, 0.6) is 0 Å². The standard InChI is InChI=1S/C19H19N3O2/c1-5-8-22-11-15(10-21-22)9-20-19(23)18-14(4)16-12(2)6-7-13(3)17(16)24-18/h1,6-7,10-11H,8-9H2,2-4H3,(H,20,23). The number of nitrogens with one attached hydrogen (secondary N) is 1. The van der Waals surface area contributed by atoms with Crippen LogP contribution in [-0.2, 0) is 13.1 Å². The van der Waals surface area contributed by atoms with E-state index in [1.165, 1.54) is 0 Å². The molecule has 5 nitrogen and oxygen atoms in total. The molecule has 1 amide bonds. The van der Waals surface area contributed by atoms with Gasteiger partial charge in [0.15, 0.2) is 5.76 Å². The lowest BCUT2D eigenvalue weighted by Crippen LogP contribution is -2.22. The van der Waals surface area contributed by atoms with Gasteiger partial charge in [0.2, 0.25) is 0 Å². The predicted octanol–water partition coefficient (Wildman–Crippen LogP) is 3.12. The minimum Gasteiger partial charge on any atom is -0.450 e. The number of terminal acetylenes is 1. The molecule has 0 bridgehead atoms. The van der Waals surface area contributed by atoms with E-state index in [9.17, 15) is 4.79 Å². The van der Waals surface area contributed by atoms with E-state index in [0.29, 0.717) is 18.8 Å². The molecule has 2 heterocycles. The minimum atomic E-state index is -0.229. The number of amides is 1. The predicted molar refractivity (Wildman–Crippen MR) is 92.7 cm³/mol. The maximum Gasteiger partial charge on any atom is 0.287 e. The van der Waals surface area contributed by atoms with Gasteiger partial charge in [0, 0.05) is 29.3 Å². The van der Waals surface area contributed by atoms with Crippen molar-refractivity contribution in [3.63, 3.8) is 0 Å². The molecule has 0 spiro atoms. The number of fused-ring (bicyclic) bond motifs is 1. The van der Waals surface area contributed by atoms with Crippen molar-refractivity contribution >= 4 is 16.9 Å². The molecule has 0 saturated carbocycles. The van der Waals surface area contributed by atoms with Crippen LogP contribution >= 0.6 is 0 Å². The Labute approximate surface area is 140 Å². The molecule has 0 atom stereocenters. The smallest absolute Gasteiger partial charge is 0.287 e. The highest BCUT2D eigenvalue weighted by atomic mass is 16.3. The Morgan fingerprint density at radius 1 is 1.33 bits per heavy atom. The summed E-state index contributed by atoms with van der Waals surface area (Å²) >= 11 is 0. The molecule has 1 N–H and O–H groups in total. The summed E-state index contributed by atoms with van der Waals surface area (Å²) in [5, 5.41) is 8.02. The average Bonchev–Trinajstić information content (AvgIpc) is 3.14. The van der Waals surface area contributed by atoms with Gasteiger partial charge in [-0.25, -0.2) is 0 Å². The molecule has 0 radical (unpaired) electrons. The normalized spacial score (nSPS) is 10.8. The summed E-state index contributed by atoms with van der Waals surface area (Å²) in [5.74, 6) is 2.65. The number of aromatic nitrogens is 2. The summed E-state index contributed by atoms with van der Waals surface area (Å²) in [6, 6.07) is 4.05. The van der Waals surface area contributed by atoms with Crippen LogP contribution in [0.1, 0.15) is 32.8 Å². The Bertz CT molecular complexity index is 957. The molecule has 24 heavy (non-hydrogen) atoms. The van der Waals surface area contributed by atoms with Gasteiger partial charge >= 0.3 is 0 Å². The van der Waals surface area contributed by atoms with E-state index in [4.69, 9.17) is 10.8 Å². The van der Waals surface area contributed by atoms with Crippen LogP contribution in [0.15, 0.2) is 28.9 Å². The van der Waals surface area contributed by atoms with Crippen molar-refractivity contribution in [3.8, 4) is 12.3 Å². The highest BCUT2D eigenvalue weighted by Crippen LogP contribution is 2.30. The van der Waals surface area contributed by atoms with Crippen molar-refractivity contribution in [1.29, 1.82) is 0 Å². The number of nitrogens with zero attached hydrogens (tertiary/aromatic N) is 2. The summed E-state index contributed by atoms with van der Waals surface area (Å²) in [6.07, 6.45) is 8.76. The first kappa shape index (κ1) is 15.9. The quantitative estimate of drug-likeness (QED) is 0.751. The summed E-state index contributed by atoms with van der Waals surface area (Å²) < 4.78 is 7.50. The van der Waals surface area contributed by atoms with Crippen molar-refractivity contribution in [1.82, 2.24) is 15.1 Å². The molecule has 1 aromatic carbocycles. The number of carbonyl (C=O) groups is 1. The third-order valence-electron chi connectivity index (χ3n) is 4.08. The van der Waals surface area contributed by atoms with Crippen LogP contribution in [0.4, 0.5) is 0 Å². The van der Waals surface area contributed by atoms with Crippen LogP contribution in [0.3, 0.4) is 0 Å². The third kappa shape index (κ3) is 2.79. The fourth-order valence-electron chi connectivity index (χ4n) is 2.83. The van der Waals surface area contributed by atoms with E-state index < -0.39 is 0 Å². The van der Waals surface area contributed by atoms with Crippen LogP contribution < -0.4 is 5.32 Å². The first-order valence-electron chi connectivity index (χ1n) is 7.73. The van der Waals surface area contributed by atoms with Gasteiger partial charge in [-0.2, -0.15) is 5.10 Å². The van der Waals surface area contributed by atoms with Gasteiger partial charge in [-0.15, -0.1) is 6.42 Å². The van der Waals surface area contributed by atoms with Gasteiger partial charge in [0.25, 0.3) is 5.91 Å². The number of hydrogen-bond donors (Lipinski definition) is 1. The molecule has 5 heteroatoms. The van der Waals surface area contributed by atoms with Gasteiger partial charge in [0.1, 0.15) is 12.1 Å². The monoisotopic (exact) mass is 321 g/mol. The molecule has 0 saturated heterocycles. The molecule has 2 aromatic heterocycles. The zero-order valence-corrected chi connectivity index (χ0v) is 14.0. The number of rotatable bonds is 4. The Morgan fingerprint density at radius 3 is 2.79 bits per heavy atom. The number of hydrogen-bond acceptors (Lipinski definition) is 3. The Morgan fingerprint density at radius 2 is 2.08 bits per heavy atom. The van der Waals surface area contributed by atoms with Gasteiger partial charge in [-0.1, -0.05) is 18.1 Å². The Kier molecular flexibility index (Phi) is 4.13. The van der Waals surface area contributed by atoms with E-state index >= 15 is 0 Å². The summed E-state index contributed by atoms with van der Waals surface area (Å²) in [6.45, 7) is 6.70. The second kappa shape index (κ2) is 6.25. The lowest BCUT2D eigenvalue weighted by atomic mass is 10.0. The molecule has 0 aliphatic heterocycles. The molecule has 3 aromatic rings. The number of aryl methyl sites for hydroxylation is 3. The summed E-state index contributed by atoms with van der Waals surface area (Å²) in [4.78, 5) is 12.5. The zero-order valence-electron chi connectivity index (χ0n) is 14.0. The van der Waals surface area contributed by atoms with Gasteiger partial charge in [-0.3, -0.25) is 9.48 Å². The molecule has 0 fully saturated rings. The molecule has 0 aliphatic rings. The highest BCUT2D eigenvalue weighted by Gasteiger charge is 2.19. The van der Waals surface area contributed by atoms with Crippen LogP contribution in [-0.4, -0.2) is 15.7 Å². The molecular formula is C19H19N3O2. The van der Waals surface area contributed by atoms with Crippen molar-refractivity contribution in [2.75, 3.05) is 0 Å². The van der Waals surface area contributed by atoms with Gasteiger partial charge < -0.3 is 9.73 Å². The van der Waals surface area contributed by atoms with E-state index in [-0.39, 0.29) is 5.91 Å². The van der Waals surface area contributed by atoms with Gasteiger partial charge in [-0.05, 0) is 31.9 Å².